The van der Waals surface area contributed by atoms with Gasteiger partial charge in [-0.1, -0.05) is 0 Å². The molecule has 1 heterocycles. The lowest BCUT2D eigenvalue weighted by molar-refractivity contribution is -0.100. The summed E-state index contributed by atoms with van der Waals surface area (Å²) in [4.78, 5) is 13.2. The first-order valence-electron chi connectivity index (χ1n) is 6.59. The molecule has 0 atom stereocenters. The molecule has 1 N–H and O–H groups in total. The Morgan fingerprint density at radius 3 is 2.17 bits per heavy atom. The highest BCUT2D eigenvalue weighted by Gasteiger charge is 2.09. The Labute approximate surface area is 135 Å². The number of nitrogens with one attached hydrogen (secondary N) is 1. The Hall–Kier alpha value is -2.92. The van der Waals surface area contributed by atoms with E-state index in [-0.39, 0.29) is 16.7 Å². The Morgan fingerprint density at radius 2 is 1.83 bits per heavy atom. The molecule has 0 bridgehead atoms. The maximum atomic E-state index is 10.8. The van der Waals surface area contributed by atoms with Gasteiger partial charge < -0.3 is 14.5 Å². The fourth-order valence-corrected chi connectivity index (χ4v) is 1.55. The zero-order valence-electron chi connectivity index (χ0n) is 13.5. The zero-order valence-corrected chi connectivity index (χ0v) is 13.5. The standard InChI is InChI=1S/C9H12N2O2.C7H6N2O/c1-7(8(5-10)6-11)4-9(12-2)13-3;1-5-2-3-9-7(10)6(5)4-8/h9H,4H2,1-3H3;2-3H,1H3,(H,9,10). The zero-order chi connectivity index (χ0) is 17.8. The fourth-order valence-electron chi connectivity index (χ4n) is 1.55. The minimum atomic E-state index is -0.392. The van der Waals surface area contributed by atoms with Gasteiger partial charge in [0.05, 0.1) is 0 Å². The number of H-pyrrole nitrogens is 1. The Balaban J connectivity index is 0.000000433. The van der Waals surface area contributed by atoms with Crippen molar-refractivity contribution in [3.05, 3.63) is 44.9 Å². The predicted molar refractivity (Wildman–Crippen MR) is 82.9 cm³/mol. The maximum Gasteiger partial charge on any atom is 0.266 e. The Bertz CT molecular complexity index is 709. The lowest BCUT2D eigenvalue weighted by Crippen LogP contribution is -2.13. The molecule has 0 saturated heterocycles. The van der Waals surface area contributed by atoms with Gasteiger partial charge in [-0.3, -0.25) is 4.79 Å². The first kappa shape index (κ1) is 20.1. The Kier molecular flexibility index (Phi) is 9.39. The average molecular weight is 314 g/mol. The van der Waals surface area contributed by atoms with Crippen LogP contribution in [0.2, 0.25) is 0 Å². The average Bonchev–Trinajstić information content (AvgIpc) is 2.54. The van der Waals surface area contributed by atoms with Crippen LogP contribution >= 0.6 is 0 Å². The summed E-state index contributed by atoms with van der Waals surface area (Å²) in [6.45, 7) is 3.45. The molecule has 0 spiro atoms. The summed E-state index contributed by atoms with van der Waals surface area (Å²) in [6, 6.07) is 7.14. The second-order valence-corrected chi connectivity index (χ2v) is 4.46. The summed E-state index contributed by atoms with van der Waals surface area (Å²) in [5, 5.41) is 25.5. The fraction of sp³-hybridized carbons (Fsp3) is 0.375. The molecule has 1 aromatic heterocycles. The van der Waals surface area contributed by atoms with E-state index in [0.717, 1.165) is 0 Å². The van der Waals surface area contributed by atoms with Crippen LogP contribution in [0.1, 0.15) is 24.5 Å². The van der Waals surface area contributed by atoms with Gasteiger partial charge in [0.1, 0.15) is 29.3 Å². The number of nitrogens with zero attached hydrogens (tertiary/aromatic N) is 3. The summed E-state index contributed by atoms with van der Waals surface area (Å²) in [5.74, 6) is 0. The van der Waals surface area contributed by atoms with E-state index in [1.807, 2.05) is 18.2 Å². The van der Waals surface area contributed by atoms with Gasteiger partial charge in [0.25, 0.3) is 5.56 Å². The largest absolute Gasteiger partial charge is 0.356 e. The van der Waals surface area contributed by atoms with Gasteiger partial charge >= 0.3 is 0 Å². The van der Waals surface area contributed by atoms with E-state index in [1.165, 1.54) is 20.4 Å². The van der Waals surface area contributed by atoms with Gasteiger partial charge in [-0.15, -0.1) is 0 Å². The van der Waals surface area contributed by atoms with Crippen molar-refractivity contribution in [2.45, 2.75) is 26.6 Å². The number of rotatable bonds is 4. The van der Waals surface area contributed by atoms with Crippen LogP contribution in [0.4, 0.5) is 0 Å². The number of aryl methyl sites for hydroxylation is 1. The summed E-state index contributed by atoms with van der Waals surface area (Å²) in [7, 11) is 3.03. The highest BCUT2D eigenvalue weighted by molar-refractivity contribution is 5.39. The number of ether oxygens (including phenoxy) is 2. The van der Waals surface area contributed by atoms with Crippen molar-refractivity contribution in [3.8, 4) is 18.2 Å². The minimum Gasteiger partial charge on any atom is -0.356 e. The van der Waals surface area contributed by atoms with Crippen LogP contribution in [-0.4, -0.2) is 25.5 Å². The number of pyridine rings is 1. The summed E-state index contributed by atoms with van der Waals surface area (Å²) in [5.41, 5.74) is 1.40. The molecule has 0 saturated carbocycles. The SMILES string of the molecule is COC(CC(C)=C(C#N)C#N)OC.Cc1cc[nH]c(=O)c1C#N. The van der Waals surface area contributed by atoms with E-state index in [2.05, 4.69) is 4.98 Å². The van der Waals surface area contributed by atoms with E-state index < -0.39 is 6.29 Å². The van der Waals surface area contributed by atoms with Gasteiger partial charge in [-0.25, -0.2) is 0 Å². The van der Waals surface area contributed by atoms with Crippen LogP contribution in [0.25, 0.3) is 0 Å². The van der Waals surface area contributed by atoms with Crippen LogP contribution in [0.3, 0.4) is 0 Å². The van der Waals surface area contributed by atoms with Gasteiger partial charge in [-0.2, -0.15) is 15.8 Å². The number of methoxy groups -OCH3 is 2. The smallest absolute Gasteiger partial charge is 0.266 e. The van der Waals surface area contributed by atoms with Crippen molar-refractivity contribution in [2.75, 3.05) is 14.2 Å². The van der Waals surface area contributed by atoms with Crippen LogP contribution < -0.4 is 5.56 Å². The molecule has 0 radical (unpaired) electrons. The molecular formula is C16H18N4O3. The summed E-state index contributed by atoms with van der Waals surface area (Å²) in [6.07, 6.45) is 1.57. The number of aromatic nitrogens is 1. The molecular weight excluding hydrogens is 296 g/mol. The quantitative estimate of drug-likeness (QED) is 0.669. The molecule has 0 aliphatic heterocycles. The third-order valence-corrected chi connectivity index (χ3v) is 2.93. The lowest BCUT2D eigenvalue weighted by Gasteiger charge is -2.12. The lowest BCUT2D eigenvalue weighted by atomic mass is 10.1. The number of hydrogen-bond acceptors (Lipinski definition) is 6. The molecule has 0 aliphatic rings. The van der Waals surface area contributed by atoms with Crippen LogP contribution in [0, 0.1) is 40.9 Å². The second-order valence-electron chi connectivity index (χ2n) is 4.46. The number of allylic oxidation sites excluding steroid dienone is 1. The molecule has 23 heavy (non-hydrogen) atoms. The first-order chi connectivity index (χ1) is 10.9. The van der Waals surface area contributed by atoms with Crippen molar-refractivity contribution >= 4 is 0 Å². The molecule has 7 heteroatoms. The molecule has 1 rings (SSSR count). The minimum absolute atomic E-state index is 0.124. The second kappa shape index (κ2) is 10.8. The highest BCUT2D eigenvalue weighted by atomic mass is 16.7. The van der Waals surface area contributed by atoms with Crippen molar-refractivity contribution < 1.29 is 9.47 Å². The van der Waals surface area contributed by atoms with E-state index in [0.29, 0.717) is 17.6 Å². The third kappa shape index (κ3) is 6.58. The van der Waals surface area contributed by atoms with Gasteiger partial charge in [-0.05, 0) is 31.1 Å². The van der Waals surface area contributed by atoms with Crippen LogP contribution in [0.15, 0.2) is 28.2 Å². The van der Waals surface area contributed by atoms with Crippen molar-refractivity contribution in [3.63, 3.8) is 0 Å². The first-order valence-corrected chi connectivity index (χ1v) is 6.59. The monoisotopic (exact) mass is 314 g/mol. The molecule has 7 nitrogen and oxygen atoms in total. The molecule has 0 amide bonds. The highest BCUT2D eigenvalue weighted by Crippen LogP contribution is 2.11. The van der Waals surface area contributed by atoms with Crippen molar-refractivity contribution in [2.24, 2.45) is 0 Å². The number of nitriles is 3. The molecule has 1 aromatic rings. The summed E-state index contributed by atoms with van der Waals surface area (Å²) < 4.78 is 9.87. The molecule has 0 unspecified atom stereocenters. The normalized spacial score (nSPS) is 8.96. The summed E-state index contributed by atoms with van der Waals surface area (Å²) >= 11 is 0. The number of aromatic amines is 1. The van der Waals surface area contributed by atoms with E-state index >= 15 is 0 Å². The topological polar surface area (TPSA) is 123 Å². The Morgan fingerprint density at radius 1 is 1.26 bits per heavy atom. The molecule has 0 fully saturated rings. The third-order valence-electron chi connectivity index (χ3n) is 2.93. The molecule has 120 valence electrons. The van der Waals surface area contributed by atoms with Crippen molar-refractivity contribution in [1.29, 1.82) is 15.8 Å². The van der Waals surface area contributed by atoms with Crippen LogP contribution in [0.5, 0.6) is 0 Å². The van der Waals surface area contributed by atoms with E-state index in [1.54, 1.807) is 19.9 Å². The van der Waals surface area contributed by atoms with Gasteiger partial charge in [0.15, 0.2) is 6.29 Å². The van der Waals surface area contributed by atoms with Crippen LogP contribution in [-0.2, 0) is 9.47 Å². The van der Waals surface area contributed by atoms with E-state index in [4.69, 9.17) is 25.3 Å². The number of hydrogen-bond donors (Lipinski definition) is 1. The van der Waals surface area contributed by atoms with E-state index in [9.17, 15) is 4.79 Å². The predicted octanol–water partition coefficient (Wildman–Crippen LogP) is 1.91. The van der Waals surface area contributed by atoms with Gasteiger partial charge in [0, 0.05) is 26.8 Å². The maximum absolute atomic E-state index is 10.8. The molecule has 0 aliphatic carbocycles. The van der Waals surface area contributed by atoms with Crippen molar-refractivity contribution in [1.82, 2.24) is 4.98 Å². The molecule has 0 aromatic carbocycles. The van der Waals surface area contributed by atoms with Gasteiger partial charge in [0.2, 0.25) is 0 Å².